The Balaban J connectivity index is 1.96. The Bertz CT molecular complexity index is 927. The largest absolute Gasteiger partial charge is 0.505 e. The third-order valence-corrected chi connectivity index (χ3v) is 5.05. The normalized spacial score (nSPS) is 12.1. The van der Waals surface area contributed by atoms with Gasteiger partial charge in [-0.25, -0.2) is 12.8 Å². The minimum atomic E-state index is -3.24. The number of nitrogens with zero attached hydrogens (tertiary/aromatic N) is 1. The van der Waals surface area contributed by atoms with Gasteiger partial charge in [0.15, 0.2) is 27.4 Å². The highest BCUT2D eigenvalue weighted by Gasteiger charge is 2.11. The number of phenolic OH excluding ortho intramolecular Hbond substituents is 1. The second-order valence-corrected chi connectivity index (χ2v) is 7.92. The molecule has 6 nitrogen and oxygen atoms in total. The molecule has 0 amide bonds. The summed E-state index contributed by atoms with van der Waals surface area (Å²) in [4.78, 5) is 4.41. The predicted molar refractivity (Wildman–Crippen MR) is 99.4 cm³/mol. The van der Waals surface area contributed by atoms with Crippen molar-refractivity contribution in [2.45, 2.75) is 24.9 Å². The van der Waals surface area contributed by atoms with Crippen molar-refractivity contribution in [2.24, 2.45) is 4.99 Å². The van der Waals surface area contributed by atoms with Gasteiger partial charge in [-0.1, -0.05) is 18.2 Å². The number of hydrogen-bond acceptors (Lipinski definition) is 4. The van der Waals surface area contributed by atoms with Crippen LogP contribution in [0.25, 0.3) is 0 Å². The first-order valence-electron chi connectivity index (χ1n) is 7.92. The molecule has 0 saturated heterocycles. The van der Waals surface area contributed by atoms with Gasteiger partial charge >= 0.3 is 0 Å². The number of nitrogens with one attached hydrogen (secondary N) is 2. The average molecular weight is 379 g/mol. The van der Waals surface area contributed by atoms with Crippen molar-refractivity contribution in [3.63, 3.8) is 0 Å². The Labute approximate surface area is 152 Å². The summed E-state index contributed by atoms with van der Waals surface area (Å²) in [6.07, 6.45) is 1.19. The maximum Gasteiger partial charge on any atom is 0.191 e. The molecule has 2 aromatic rings. The van der Waals surface area contributed by atoms with Gasteiger partial charge in [-0.15, -0.1) is 0 Å². The lowest BCUT2D eigenvalue weighted by Gasteiger charge is -2.13. The number of aromatic hydroxyl groups is 1. The van der Waals surface area contributed by atoms with Crippen molar-refractivity contribution >= 4 is 15.8 Å². The van der Waals surface area contributed by atoms with Crippen LogP contribution in [0.4, 0.5) is 4.39 Å². The van der Waals surface area contributed by atoms with E-state index >= 15 is 0 Å². The zero-order valence-electron chi connectivity index (χ0n) is 14.9. The lowest BCUT2D eigenvalue weighted by Crippen LogP contribution is -2.36. The Morgan fingerprint density at radius 2 is 1.69 bits per heavy atom. The summed E-state index contributed by atoms with van der Waals surface area (Å²) in [7, 11) is -1.62. The Morgan fingerprint density at radius 1 is 1.12 bits per heavy atom. The fourth-order valence-corrected chi connectivity index (χ4v) is 3.45. The van der Waals surface area contributed by atoms with Crippen molar-refractivity contribution in [3.05, 3.63) is 58.9 Å². The molecule has 0 aliphatic heterocycles. The third-order valence-electron chi connectivity index (χ3n) is 3.79. The Hall–Kier alpha value is -2.61. The number of benzene rings is 2. The van der Waals surface area contributed by atoms with Gasteiger partial charge in [0.1, 0.15) is 0 Å². The second kappa shape index (κ2) is 8.18. The average Bonchev–Trinajstić information content (AvgIpc) is 2.57. The van der Waals surface area contributed by atoms with Gasteiger partial charge < -0.3 is 15.7 Å². The third kappa shape index (κ3) is 5.19. The Kier molecular flexibility index (Phi) is 6.20. The molecule has 0 radical (unpaired) electrons. The number of guanidine groups is 1. The summed E-state index contributed by atoms with van der Waals surface area (Å²) in [6.45, 7) is 2.55. The highest BCUT2D eigenvalue weighted by molar-refractivity contribution is 7.90. The molecule has 0 unspecified atom stereocenters. The van der Waals surface area contributed by atoms with Crippen LogP contribution in [0.1, 0.15) is 16.7 Å². The van der Waals surface area contributed by atoms with Gasteiger partial charge in [0.25, 0.3) is 0 Å². The van der Waals surface area contributed by atoms with Crippen LogP contribution in [0.5, 0.6) is 5.75 Å². The molecule has 2 aromatic carbocycles. The number of sulfone groups is 1. The fourth-order valence-electron chi connectivity index (χ4n) is 2.49. The monoisotopic (exact) mass is 379 g/mol. The van der Waals surface area contributed by atoms with Crippen LogP contribution < -0.4 is 10.6 Å². The van der Waals surface area contributed by atoms with Crippen molar-refractivity contribution in [3.8, 4) is 5.75 Å². The molecule has 8 heteroatoms. The van der Waals surface area contributed by atoms with Gasteiger partial charge in [0.2, 0.25) is 0 Å². The van der Waals surface area contributed by atoms with Crippen LogP contribution in [-0.2, 0) is 22.9 Å². The van der Waals surface area contributed by atoms with Crippen molar-refractivity contribution < 1.29 is 17.9 Å². The predicted octanol–water partition coefficient (Wildman–Crippen LogP) is 2.11. The van der Waals surface area contributed by atoms with E-state index in [1.54, 1.807) is 32.2 Å². The first-order chi connectivity index (χ1) is 12.2. The molecule has 0 spiro atoms. The van der Waals surface area contributed by atoms with Crippen LogP contribution >= 0.6 is 0 Å². The standard InChI is InChI=1S/C18H22FN3O3S/c1-12-8-13(5-7-17(12)26(3,24)25)10-21-18(20-2)22-11-14-4-6-16(23)15(19)9-14/h4-9,23H,10-11H2,1-3H3,(H2,20,21,22). The first-order valence-corrected chi connectivity index (χ1v) is 9.81. The van der Waals surface area contributed by atoms with Crippen LogP contribution in [0, 0.1) is 12.7 Å². The van der Waals surface area contributed by atoms with E-state index in [9.17, 15) is 17.9 Å². The van der Waals surface area contributed by atoms with E-state index in [1.165, 1.54) is 18.4 Å². The molecule has 3 N–H and O–H groups in total. The van der Waals surface area contributed by atoms with E-state index in [0.717, 1.165) is 5.56 Å². The van der Waals surface area contributed by atoms with E-state index in [4.69, 9.17) is 0 Å². The van der Waals surface area contributed by atoms with Gasteiger partial charge in [-0.05, 0) is 41.8 Å². The number of aliphatic imine (C=N–C) groups is 1. The lowest BCUT2D eigenvalue weighted by molar-refractivity contribution is 0.431. The molecule has 0 heterocycles. The van der Waals surface area contributed by atoms with Crippen LogP contribution in [0.2, 0.25) is 0 Å². The summed E-state index contributed by atoms with van der Waals surface area (Å²) in [6, 6.07) is 9.33. The smallest absolute Gasteiger partial charge is 0.191 e. The van der Waals surface area contributed by atoms with Gasteiger partial charge in [0.05, 0.1) is 4.90 Å². The quantitative estimate of drug-likeness (QED) is 0.547. The zero-order valence-corrected chi connectivity index (χ0v) is 15.7. The summed E-state index contributed by atoms with van der Waals surface area (Å²) in [5.41, 5.74) is 2.26. The van der Waals surface area contributed by atoms with Gasteiger partial charge in [0, 0.05) is 26.4 Å². The topological polar surface area (TPSA) is 90.8 Å². The van der Waals surface area contributed by atoms with E-state index in [0.29, 0.717) is 35.1 Å². The van der Waals surface area contributed by atoms with Crippen molar-refractivity contribution in [2.75, 3.05) is 13.3 Å². The maximum absolute atomic E-state index is 13.3. The molecule has 0 fully saturated rings. The van der Waals surface area contributed by atoms with Crippen molar-refractivity contribution in [1.82, 2.24) is 10.6 Å². The highest BCUT2D eigenvalue weighted by atomic mass is 32.2. The van der Waals surface area contributed by atoms with E-state index in [-0.39, 0.29) is 5.75 Å². The summed E-state index contributed by atoms with van der Waals surface area (Å²) < 4.78 is 36.7. The molecule has 0 atom stereocenters. The van der Waals surface area contributed by atoms with E-state index in [1.807, 2.05) is 6.07 Å². The van der Waals surface area contributed by atoms with Crippen LogP contribution in [0.3, 0.4) is 0 Å². The minimum absolute atomic E-state index is 0.318. The summed E-state index contributed by atoms with van der Waals surface area (Å²) in [5.74, 6) is -0.541. The first kappa shape index (κ1) is 19.7. The van der Waals surface area contributed by atoms with Gasteiger partial charge in [-0.3, -0.25) is 4.99 Å². The number of rotatable bonds is 5. The maximum atomic E-state index is 13.3. The SMILES string of the molecule is CN=C(NCc1ccc(S(C)(=O)=O)c(C)c1)NCc1ccc(O)c(F)c1. The van der Waals surface area contributed by atoms with Crippen molar-refractivity contribution in [1.29, 1.82) is 0 Å². The summed E-state index contributed by atoms with van der Waals surface area (Å²) >= 11 is 0. The molecule has 0 aliphatic carbocycles. The molecule has 140 valence electrons. The van der Waals surface area contributed by atoms with Crippen LogP contribution in [0.15, 0.2) is 46.3 Å². The number of aryl methyl sites for hydroxylation is 1. The second-order valence-electron chi connectivity index (χ2n) is 5.94. The number of halogens is 1. The molecule has 26 heavy (non-hydrogen) atoms. The number of hydrogen-bond donors (Lipinski definition) is 3. The summed E-state index contributed by atoms with van der Waals surface area (Å²) in [5, 5.41) is 15.4. The lowest BCUT2D eigenvalue weighted by atomic mass is 10.1. The molecule has 0 aliphatic rings. The molecule has 0 aromatic heterocycles. The Morgan fingerprint density at radius 3 is 2.19 bits per heavy atom. The van der Waals surface area contributed by atoms with Gasteiger partial charge in [-0.2, -0.15) is 0 Å². The van der Waals surface area contributed by atoms with E-state index in [2.05, 4.69) is 15.6 Å². The minimum Gasteiger partial charge on any atom is -0.505 e. The molecule has 0 bridgehead atoms. The number of phenols is 1. The highest BCUT2D eigenvalue weighted by Crippen LogP contribution is 2.17. The fraction of sp³-hybridized carbons (Fsp3) is 0.278. The van der Waals surface area contributed by atoms with E-state index < -0.39 is 15.7 Å². The zero-order chi connectivity index (χ0) is 19.3. The van der Waals surface area contributed by atoms with Crippen LogP contribution in [-0.4, -0.2) is 32.8 Å². The molecule has 2 rings (SSSR count). The molecule has 0 saturated carbocycles. The molecular formula is C18H22FN3O3S. The molecular weight excluding hydrogens is 357 g/mol.